The summed E-state index contributed by atoms with van der Waals surface area (Å²) in [4.78, 5) is 0. The summed E-state index contributed by atoms with van der Waals surface area (Å²) in [6, 6.07) is 7.12. The van der Waals surface area contributed by atoms with E-state index in [9.17, 15) is 8.78 Å². The normalized spacial score (nSPS) is 13.1. The number of hydrogen-bond donors (Lipinski definition) is 1. The smallest absolute Gasteiger partial charge is 0.387 e. The molecular formula is C13H19F2NO. The fraction of sp³-hybridized carbons (Fsp3) is 0.538. The maximum Gasteiger partial charge on any atom is 0.387 e. The Kier molecular flexibility index (Phi) is 5.35. The number of benzene rings is 1. The fourth-order valence-electron chi connectivity index (χ4n) is 1.30. The monoisotopic (exact) mass is 243 g/mol. The molecule has 0 aliphatic carbocycles. The standard InChI is InChI=1S/C13H19F2NO/c1-9(2)10(3)16-8-11-4-6-12(7-5-11)17-13(14)15/h4-7,9-10,13,16H,8H2,1-3H3. The van der Waals surface area contributed by atoms with E-state index in [1.807, 2.05) is 0 Å². The Labute approximate surface area is 101 Å². The summed E-state index contributed by atoms with van der Waals surface area (Å²) in [5, 5.41) is 3.37. The van der Waals surface area contributed by atoms with E-state index in [1.54, 1.807) is 24.3 Å². The minimum absolute atomic E-state index is 0.195. The van der Waals surface area contributed by atoms with Crippen LogP contribution in [0.2, 0.25) is 0 Å². The van der Waals surface area contributed by atoms with E-state index in [2.05, 4.69) is 30.8 Å². The van der Waals surface area contributed by atoms with Crippen molar-refractivity contribution in [3.8, 4) is 5.75 Å². The van der Waals surface area contributed by atoms with Crippen molar-refractivity contribution in [2.24, 2.45) is 5.92 Å². The molecule has 17 heavy (non-hydrogen) atoms. The molecule has 0 aliphatic heterocycles. The summed E-state index contributed by atoms with van der Waals surface area (Å²) in [7, 11) is 0. The molecular weight excluding hydrogens is 224 g/mol. The molecule has 4 heteroatoms. The molecule has 0 saturated heterocycles. The Morgan fingerprint density at radius 2 is 1.71 bits per heavy atom. The molecule has 0 radical (unpaired) electrons. The van der Waals surface area contributed by atoms with E-state index >= 15 is 0 Å². The number of rotatable bonds is 6. The first kappa shape index (κ1) is 13.9. The first-order valence-electron chi connectivity index (χ1n) is 5.76. The zero-order valence-electron chi connectivity index (χ0n) is 10.4. The molecule has 0 spiro atoms. The molecule has 0 fully saturated rings. The third kappa shape index (κ3) is 5.13. The van der Waals surface area contributed by atoms with Crippen LogP contribution < -0.4 is 10.1 Å². The quantitative estimate of drug-likeness (QED) is 0.826. The van der Waals surface area contributed by atoms with Gasteiger partial charge in [-0.15, -0.1) is 0 Å². The molecule has 1 aromatic carbocycles. The number of hydrogen-bond acceptors (Lipinski definition) is 2. The lowest BCUT2D eigenvalue weighted by Gasteiger charge is -2.17. The lowest BCUT2D eigenvalue weighted by molar-refractivity contribution is -0.0498. The molecule has 2 nitrogen and oxygen atoms in total. The topological polar surface area (TPSA) is 21.3 Å². The van der Waals surface area contributed by atoms with Crippen molar-refractivity contribution >= 4 is 0 Å². The fourth-order valence-corrected chi connectivity index (χ4v) is 1.30. The second-order valence-electron chi connectivity index (χ2n) is 4.44. The molecule has 0 aliphatic rings. The van der Waals surface area contributed by atoms with E-state index in [1.165, 1.54) is 0 Å². The maximum atomic E-state index is 11.9. The average Bonchev–Trinajstić information content (AvgIpc) is 2.26. The van der Waals surface area contributed by atoms with Gasteiger partial charge in [-0.2, -0.15) is 8.78 Å². The van der Waals surface area contributed by atoms with Gasteiger partial charge >= 0.3 is 6.61 Å². The van der Waals surface area contributed by atoms with Gasteiger partial charge in [-0.25, -0.2) is 0 Å². The van der Waals surface area contributed by atoms with Gasteiger partial charge in [0.2, 0.25) is 0 Å². The van der Waals surface area contributed by atoms with Crippen LogP contribution in [-0.2, 0) is 6.54 Å². The highest BCUT2D eigenvalue weighted by molar-refractivity contribution is 5.27. The van der Waals surface area contributed by atoms with Gasteiger partial charge in [0.15, 0.2) is 0 Å². The summed E-state index contributed by atoms with van der Waals surface area (Å²) >= 11 is 0. The Balaban J connectivity index is 2.45. The average molecular weight is 243 g/mol. The van der Waals surface area contributed by atoms with Crippen molar-refractivity contribution in [1.29, 1.82) is 0 Å². The highest BCUT2D eigenvalue weighted by atomic mass is 19.3. The molecule has 0 saturated carbocycles. The number of alkyl halides is 2. The molecule has 0 heterocycles. The van der Waals surface area contributed by atoms with Gasteiger partial charge in [0.25, 0.3) is 0 Å². The second-order valence-corrected chi connectivity index (χ2v) is 4.44. The van der Waals surface area contributed by atoms with Crippen LogP contribution >= 0.6 is 0 Å². The largest absolute Gasteiger partial charge is 0.435 e. The zero-order valence-corrected chi connectivity index (χ0v) is 10.4. The van der Waals surface area contributed by atoms with Crippen molar-refractivity contribution < 1.29 is 13.5 Å². The summed E-state index contributed by atoms with van der Waals surface area (Å²) < 4.78 is 28.1. The first-order valence-corrected chi connectivity index (χ1v) is 5.76. The Hall–Kier alpha value is -1.16. The van der Waals surface area contributed by atoms with E-state index in [0.717, 1.165) is 12.1 Å². The van der Waals surface area contributed by atoms with Gasteiger partial charge < -0.3 is 10.1 Å². The number of nitrogens with one attached hydrogen (secondary N) is 1. The molecule has 0 amide bonds. The number of halogens is 2. The van der Waals surface area contributed by atoms with Crippen molar-refractivity contribution in [2.45, 2.75) is 40.0 Å². The lowest BCUT2D eigenvalue weighted by atomic mass is 10.1. The Morgan fingerprint density at radius 1 is 1.12 bits per heavy atom. The maximum absolute atomic E-state index is 11.9. The second kappa shape index (κ2) is 6.55. The van der Waals surface area contributed by atoms with Crippen LogP contribution in [-0.4, -0.2) is 12.7 Å². The van der Waals surface area contributed by atoms with Gasteiger partial charge in [0.05, 0.1) is 0 Å². The number of ether oxygens (including phenoxy) is 1. The van der Waals surface area contributed by atoms with Gasteiger partial charge in [-0.05, 0) is 30.5 Å². The highest BCUT2D eigenvalue weighted by Crippen LogP contribution is 2.15. The van der Waals surface area contributed by atoms with Crippen molar-refractivity contribution in [2.75, 3.05) is 0 Å². The molecule has 1 atom stereocenters. The van der Waals surface area contributed by atoms with E-state index in [4.69, 9.17) is 0 Å². The summed E-state index contributed by atoms with van der Waals surface area (Å²) in [6.07, 6.45) is 0. The predicted molar refractivity (Wildman–Crippen MR) is 64.2 cm³/mol. The third-order valence-electron chi connectivity index (χ3n) is 2.78. The Bertz CT molecular complexity index is 325. The van der Waals surface area contributed by atoms with Crippen LogP contribution in [0.3, 0.4) is 0 Å². The predicted octanol–water partition coefficient (Wildman–Crippen LogP) is 3.42. The summed E-state index contributed by atoms with van der Waals surface area (Å²) in [6.45, 7) is 4.39. The van der Waals surface area contributed by atoms with Crippen LogP contribution in [0.15, 0.2) is 24.3 Å². The van der Waals surface area contributed by atoms with Crippen molar-refractivity contribution in [1.82, 2.24) is 5.32 Å². The van der Waals surface area contributed by atoms with E-state index in [-0.39, 0.29) is 5.75 Å². The van der Waals surface area contributed by atoms with Crippen molar-refractivity contribution in [3.05, 3.63) is 29.8 Å². The zero-order chi connectivity index (χ0) is 12.8. The molecule has 0 bridgehead atoms. The third-order valence-corrected chi connectivity index (χ3v) is 2.78. The molecule has 1 aromatic rings. The van der Waals surface area contributed by atoms with Crippen LogP contribution in [0.4, 0.5) is 8.78 Å². The molecule has 0 aromatic heterocycles. The minimum Gasteiger partial charge on any atom is -0.435 e. The lowest BCUT2D eigenvalue weighted by Crippen LogP contribution is -2.30. The van der Waals surface area contributed by atoms with Crippen LogP contribution in [0.25, 0.3) is 0 Å². The van der Waals surface area contributed by atoms with Crippen LogP contribution in [0.1, 0.15) is 26.3 Å². The van der Waals surface area contributed by atoms with Gasteiger partial charge in [-0.3, -0.25) is 0 Å². The Morgan fingerprint density at radius 3 is 2.18 bits per heavy atom. The van der Waals surface area contributed by atoms with Crippen LogP contribution in [0.5, 0.6) is 5.75 Å². The molecule has 1 N–H and O–H groups in total. The molecule has 96 valence electrons. The molecule has 1 unspecified atom stereocenters. The summed E-state index contributed by atoms with van der Waals surface area (Å²) in [5.74, 6) is 0.761. The van der Waals surface area contributed by atoms with Crippen molar-refractivity contribution in [3.63, 3.8) is 0 Å². The minimum atomic E-state index is -2.76. The SMILES string of the molecule is CC(C)C(C)NCc1ccc(OC(F)F)cc1. The van der Waals surface area contributed by atoms with Gasteiger partial charge in [0.1, 0.15) is 5.75 Å². The van der Waals surface area contributed by atoms with Gasteiger partial charge in [-0.1, -0.05) is 26.0 Å². The van der Waals surface area contributed by atoms with Gasteiger partial charge in [0, 0.05) is 12.6 Å². The molecule has 1 rings (SSSR count). The van der Waals surface area contributed by atoms with Crippen LogP contribution in [0, 0.1) is 5.92 Å². The highest BCUT2D eigenvalue weighted by Gasteiger charge is 2.06. The van der Waals surface area contributed by atoms with E-state index in [0.29, 0.717) is 12.0 Å². The summed E-state index contributed by atoms with van der Waals surface area (Å²) in [5.41, 5.74) is 1.05. The first-order chi connectivity index (χ1) is 7.99. The van der Waals surface area contributed by atoms with E-state index < -0.39 is 6.61 Å².